The fourth-order valence-electron chi connectivity index (χ4n) is 2.42. The van der Waals surface area contributed by atoms with E-state index in [0.717, 1.165) is 72.7 Å². The zero-order chi connectivity index (χ0) is 32.9. The van der Waals surface area contributed by atoms with E-state index in [0.29, 0.717) is 0 Å². The van der Waals surface area contributed by atoms with Gasteiger partial charge in [-0.25, -0.2) is 0 Å². The quantitative estimate of drug-likeness (QED) is 0.183. The topological polar surface area (TPSA) is 38.7 Å². The molecule has 0 unspecified atom stereocenters. The fourth-order valence-corrected chi connectivity index (χ4v) is 2.42. The van der Waals surface area contributed by atoms with Crippen LogP contribution in [-0.2, 0) is 90.5 Å². The molecular formula is C36H63Cl3N3Ru3-7. The summed E-state index contributed by atoms with van der Waals surface area (Å²) in [7, 11) is 13.8. The van der Waals surface area contributed by atoms with E-state index in [2.05, 4.69) is 75.9 Å². The van der Waals surface area contributed by atoms with Gasteiger partial charge in [-0.1, -0.05) is 59.7 Å². The van der Waals surface area contributed by atoms with E-state index in [9.17, 15) is 0 Å². The number of rotatable bonds is 6. The van der Waals surface area contributed by atoms with E-state index in [1.807, 2.05) is 96.1 Å². The van der Waals surface area contributed by atoms with E-state index in [1.54, 1.807) is 17.3 Å². The first-order valence-corrected chi connectivity index (χ1v) is 20.7. The Morgan fingerprint density at radius 3 is 0.711 bits per heavy atom. The summed E-state index contributed by atoms with van der Waals surface area (Å²) in [4.78, 5) is 12.9. The number of hydrogen-bond donors (Lipinski definition) is 0. The van der Waals surface area contributed by atoms with E-state index in [-0.39, 0.29) is 56.9 Å². The molecule has 45 heavy (non-hydrogen) atoms. The van der Waals surface area contributed by atoms with Crippen LogP contribution in [0.4, 0.5) is 0 Å². The SMILES string of the molecule is CC.CC.CC.[CH2-]Cc1cccc(C[CH2-])n1.[CH2-]Cc1cccc(C[CH2-])n1.[CH2-]Cc1cccc(C[CH2-])n1.[CH3-].[CH3-].[CH3-].[Cl][RuH].[Cl][Ru][ClH+].[RuH+]. The molecule has 3 heterocycles. The Labute approximate surface area is 325 Å². The standard InChI is InChI=1S/3C9H11N.3C2H6.3CH3.3ClH.3Ru.2H/c3*1-3-8-6-5-7-9(4-2)10-8;3*1-2;;;;;;;;;;;/h3*5-7H,1-4H2;3*1-2H3;3*1H3;3*1H;;;;;/q3*-2;;;;3*-1;;;;2*+1;+2;;/p-2. The molecule has 0 aliphatic rings. The summed E-state index contributed by atoms with van der Waals surface area (Å²) >= 11 is 1.39. The van der Waals surface area contributed by atoms with E-state index >= 15 is 0 Å². The number of hydrogen-bond acceptors (Lipinski definition) is 3. The normalized spacial score (nSPS) is 7.58. The molecule has 0 N–H and O–H groups in total. The van der Waals surface area contributed by atoms with Gasteiger partial charge in [0, 0.05) is 34.2 Å². The Morgan fingerprint density at radius 2 is 0.622 bits per heavy atom. The van der Waals surface area contributed by atoms with E-state index in [4.69, 9.17) is 9.69 Å². The Hall–Kier alpha value is 0.190. The first-order valence-electron chi connectivity index (χ1n) is 13.6. The summed E-state index contributed by atoms with van der Waals surface area (Å²) < 4.78 is 0. The number of aromatic nitrogens is 3. The van der Waals surface area contributed by atoms with Gasteiger partial charge in [-0.3, -0.25) is 15.0 Å². The van der Waals surface area contributed by atoms with Crippen LogP contribution < -0.4 is 0 Å². The van der Waals surface area contributed by atoms with Crippen LogP contribution in [0.1, 0.15) is 75.7 Å². The van der Waals surface area contributed by atoms with Crippen LogP contribution in [0.15, 0.2) is 54.6 Å². The molecule has 1 radical (unpaired) electrons. The molecule has 3 aromatic rings. The van der Waals surface area contributed by atoms with Crippen molar-refractivity contribution in [1.29, 1.82) is 0 Å². The third kappa shape index (κ3) is 44.2. The van der Waals surface area contributed by atoms with Gasteiger partial charge in [0.1, 0.15) is 0 Å². The predicted octanol–water partition coefficient (Wildman–Crippen LogP) is 10.5. The molecular weight excluding hydrogens is 884 g/mol. The molecule has 0 amide bonds. The van der Waals surface area contributed by atoms with Crippen LogP contribution in [0.2, 0.25) is 0 Å². The van der Waals surface area contributed by atoms with E-state index < -0.39 is 0 Å². The van der Waals surface area contributed by atoms with Crippen LogP contribution in [0, 0.1) is 73.5 Å². The summed E-state index contributed by atoms with van der Waals surface area (Å²) in [5.74, 6) is 0. The molecule has 0 atom stereocenters. The molecule has 0 spiro atoms. The number of pyridine rings is 3. The second-order valence-electron chi connectivity index (χ2n) is 6.42. The van der Waals surface area contributed by atoms with Gasteiger partial charge in [0.2, 0.25) is 0 Å². The van der Waals surface area contributed by atoms with Crippen molar-refractivity contribution in [1.82, 2.24) is 15.0 Å². The average molecular weight is 947 g/mol. The van der Waals surface area contributed by atoms with Crippen molar-refractivity contribution in [3.63, 3.8) is 0 Å². The minimum atomic E-state index is -0.234. The van der Waals surface area contributed by atoms with Crippen LogP contribution in [0.3, 0.4) is 0 Å². The van der Waals surface area contributed by atoms with Gasteiger partial charge >= 0.3 is 81.0 Å². The molecule has 3 nitrogen and oxygen atoms in total. The number of nitrogens with zero attached hydrogens (tertiary/aromatic N) is 3. The zero-order valence-corrected chi connectivity index (χ0v) is 37.1. The summed E-state index contributed by atoms with van der Waals surface area (Å²) in [5.41, 5.74) is 6.26. The summed E-state index contributed by atoms with van der Waals surface area (Å²) in [5, 5.41) is 0. The van der Waals surface area contributed by atoms with Crippen molar-refractivity contribution >= 4 is 19.4 Å². The third-order valence-electron chi connectivity index (χ3n) is 4.13. The Morgan fingerprint density at radius 1 is 0.511 bits per heavy atom. The van der Waals surface area contributed by atoms with Crippen LogP contribution in [-0.4, -0.2) is 15.0 Å². The molecule has 0 saturated carbocycles. The zero-order valence-electron chi connectivity index (χ0n) is 29.3. The van der Waals surface area contributed by atoms with Gasteiger partial charge in [-0.05, 0) is 36.4 Å². The van der Waals surface area contributed by atoms with E-state index in [1.165, 1.54) is 0 Å². The molecule has 274 valence electrons. The monoisotopic (exact) mass is 948 g/mol. The van der Waals surface area contributed by atoms with Crippen molar-refractivity contribution < 1.29 is 61.6 Å². The van der Waals surface area contributed by atoms with Gasteiger partial charge in [-0.15, -0.1) is 38.5 Å². The van der Waals surface area contributed by atoms with Gasteiger partial charge in [-0.2, -0.15) is 0 Å². The summed E-state index contributed by atoms with van der Waals surface area (Å²) in [6, 6.07) is 17.9. The molecule has 0 saturated heterocycles. The summed E-state index contributed by atoms with van der Waals surface area (Å²) in [6.07, 6.45) is 4.55. The van der Waals surface area contributed by atoms with Crippen molar-refractivity contribution in [2.24, 2.45) is 0 Å². The molecule has 9 heteroatoms. The minimum absolute atomic E-state index is 0. The average Bonchev–Trinajstić information content (AvgIpc) is 3.09. The number of halogens is 3. The maximum absolute atomic E-state index is 4.90. The van der Waals surface area contributed by atoms with Crippen molar-refractivity contribution in [2.45, 2.75) is 80.1 Å². The Balaban J connectivity index is -0.0000000513. The fraction of sp³-hybridized carbons (Fsp3) is 0.333. The first-order chi connectivity index (χ1) is 20.0. The molecule has 0 aliphatic heterocycles. The Bertz CT molecular complexity index is 720. The van der Waals surface area contributed by atoms with Crippen molar-refractivity contribution in [2.75, 3.05) is 0 Å². The Kier molecular flexibility index (Phi) is 89.2. The molecule has 3 aromatic heterocycles. The summed E-state index contributed by atoms with van der Waals surface area (Å²) in [6.45, 7) is 34.5. The first kappa shape index (κ1) is 67.4. The van der Waals surface area contributed by atoms with Crippen molar-refractivity contribution in [3.8, 4) is 0 Å². The van der Waals surface area contributed by atoms with Gasteiger partial charge < -0.3 is 63.8 Å². The van der Waals surface area contributed by atoms with Crippen LogP contribution in [0.25, 0.3) is 0 Å². The molecule has 0 fully saturated rings. The molecule has 3 rings (SSSR count). The predicted molar refractivity (Wildman–Crippen MR) is 196 cm³/mol. The van der Waals surface area contributed by atoms with Gasteiger partial charge in [0.05, 0.1) is 0 Å². The van der Waals surface area contributed by atoms with Crippen LogP contribution >= 0.6 is 19.4 Å². The molecule has 0 bridgehead atoms. The molecule has 0 aliphatic carbocycles. The maximum atomic E-state index is 4.90. The van der Waals surface area contributed by atoms with Gasteiger partial charge in [0.25, 0.3) is 0 Å². The second kappa shape index (κ2) is 59.6. The second-order valence-corrected chi connectivity index (χ2v) is 9.27. The van der Waals surface area contributed by atoms with Crippen molar-refractivity contribution in [3.05, 3.63) is 153 Å². The third-order valence-corrected chi connectivity index (χ3v) is 4.13. The van der Waals surface area contributed by atoms with Crippen LogP contribution in [0.5, 0.6) is 0 Å². The van der Waals surface area contributed by atoms with Gasteiger partial charge in [0.15, 0.2) is 0 Å². The molecule has 0 aromatic carbocycles.